The second-order valence-corrected chi connectivity index (χ2v) is 7.56. The van der Waals surface area contributed by atoms with E-state index in [4.69, 9.17) is 0 Å². The summed E-state index contributed by atoms with van der Waals surface area (Å²) in [4.78, 5) is 2.65. The summed E-state index contributed by atoms with van der Waals surface area (Å²) >= 11 is 0. The number of fused-ring (bicyclic) bond motifs is 4. The van der Waals surface area contributed by atoms with Crippen molar-refractivity contribution in [2.45, 2.75) is 69.5 Å². The molecule has 2 aliphatic carbocycles. The van der Waals surface area contributed by atoms with Crippen molar-refractivity contribution >= 4 is 0 Å². The number of rotatable bonds is 3. The third-order valence-electron chi connectivity index (χ3n) is 6.65. The molecule has 5 atom stereocenters. The predicted octanol–water partition coefficient (Wildman–Crippen LogP) is 2.64. The van der Waals surface area contributed by atoms with E-state index in [-0.39, 0.29) is 0 Å². The third-order valence-corrected chi connectivity index (χ3v) is 6.65. The van der Waals surface area contributed by atoms with E-state index in [1.807, 2.05) is 0 Å². The van der Waals surface area contributed by atoms with Gasteiger partial charge in [0.2, 0.25) is 0 Å². The molecule has 2 saturated heterocycles. The fourth-order valence-corrected chi connectivity index (χ4v) is 5.52. The zero-order valence-electron chi connectivity index (χ0n) is 11.8. The van der Waals surface area contributed by atoms with Gasteiger partial charge in [-0.3, -0.25) is 0 Å². The van der Waals surface area contributed by atoms with Crippen molar-refractivity contribution < 1.29 is 0 Å². The van der Waals surface area contributed by atoms with Gasteiger partial charge in [0.1, 0.15) is 0 Å². The topological polar surface area (TPSA) is 15.3 Å². The molecule has 0 aromatic heterocycles. The van der Waals surface area contributed by atoms with Crippen LogP contribution >= 0.6 is 0 Å². The van der Waals surface area contributed by atoms with Gasteiger partial charge in [-0.25, -0.2) is 0 Å². The molecule has 2 aliphatic heterocycles. The Morgan fingerprint density at radius 3 is 2.33 bits per heavy atom. The Morgan fingerprint density at radius 1 is 0.944 bits per heavy atom. The number of hydrogen-bond acceptors (Lipinski definition) is 2. The summed E-state index contributed by atoms with van der Waals surface area (Å²) in [6, 6.07) is 2.61. The van der Waals surface area contributed by atoms with Crippen LogP contribution in [-0.4, -0.2) is 36.6 Å². The van der Waals surface area contributed by atoms with Gasteiger partial charge >= 0.3 is 0 Å². The Hall–Kier alpha value is -0.0800. The molecule has 4 aliphatic rings. The number of piperidine rings is 1. The Labute approximate surface area is 111 Å². The molecule has 18 heavy (non-hydrogen) atoms. The fraction of sp³-hybridized carbons (Fsp3) is 1.00. The van der Waals surface area contributed by atoms with E-state index in [1.54, 1.807) is 12.8 Å². The maximum absolute atomic E-state index is 3.94. The minimum atomic E-state index is 0.831. The summed E-state index contributed by atoms with van der Waals surface area (Å²) in [5.41, 5.74) is 0. The third kappa shape index (κ3) is 1.92. The highest BCUT2D eigenvalue weighted by atomic mass is 15.2. The molecule has 2 nitrogen and oxygen atoms in total. The Kier molecular flexibility index (Phi) is 2.92. The molecular weight excluding hydrogens is 220 g/mol. The molecule has 1 N–H and O–H groups in total. The SMILES string of the molecule is CN1C2CCC1CC(NCC1CC3CCC1C3)C2. The first kappa shape index (κ1) is 11.7. The first-order valence-corrected chi connectivity index (χ1v) is 8.25. The number of hydrogen-bond donors (Lipinski definition) is 1. The summed E-state index contributed by atoms with van der Waals surface area (Å²) in [6.07, 6.45) is 11.9. The smallest absolute Gasteiger partial charge is 0.0111 e. The summed E-state index contributed by atoms with van der Waals surface area (Å²) in [5.74, 6) is 3.22. The van der Waals surface area contributed by atoms with Gasteiger partial charge in [-0.15, -0.1) is 0 Å². The van der Waals surface area contributed by atoms with Crippen LogP contribution in [0.25, 0.3) is 0 Å². The monoisotopic (exact) mass is 248 g/mol. The molecule has 0 aromatic carbocycles. The van der Waals surface area contributed by atoms with Gasteiger partial charge < -0.3 is 10.2 Å². The molecular formula is C16H28N2. The van der Waals surface area contributed by atoms with Crippen molar-refractivity contribution in [1.82, 2.24) is 10.2 Å². The van der Waals surface area contributed by atoms with Gasteiger partial charge in [0.05, 0.1) is 0 Å². The molecule has 0 spiro atoms. The molecule has 4 bridgehead atoms. The van der Waals surface area contributed by atoms with Gasteiger partial charge in [0.25, 0.3) is 0 Å². The molecule has 4 rings (SSSR count). The lowest BCUT2D eigenvalue weighted by molar-refractivity contribution is 0.144. The van der Waals surface area contributed by atoms with Crippen molar-refractivity contribution in [3.63, 3.8) is 0 Å². The highest BCUT2D eigenvalue weighted by Crippen LogP contribution is 2.48. The lowest BCUT2D eigenvalue weighted by Crippen LogP contribution is -2.48. The first-order valence-electron chi connectivity index (χ1n) is 8.25. The van der Waals surface area contributed by atoms with Crippen LogP contribution in [0.1, 0.15) is 51.4 Å². The molecule has 4 fully saturated rings. The van der Waals surface area contributed by atoms with Gasteiger partial charge in [-0.1, -0.05) is 6.42 Å². The summed E-state index contributed by atoms with van der Waals surface area (Å²) in [5, 5.41) is 3.94. The molecule has 2 heterocycles. The molecule has 0 amide bonds. The molecule has 2 saturated carbocycles. The standard InChI is InChI=1S/C16H28N2/c1-18-15-4-5-16(18)9-14(8-15)17-10-13-7-11-2-3-12(13)6-11/h11-17H,2-10H2,1H3. The van der Waals surface area contributed by atoms with E-state index in [0.717, 1.165) is 35.9 Å². The summed E-state index contributed by atoms with van der Waals surface area (Å²) in [6.45, 7) is 1.33. The van der Waals surface area contributed by atoms with Crippen LogP contribution in [0.4, 0.5) is 0 Å². The van der Waals surface area contributed by atoms with Crippen LogP contribution in [0.3, 0.4) is 0 Å². The zero-order valence-corrected chi connectivity index (χ0v) is 11.8. The van der Waals surface area contributed by atoms with Gasteiger partial charge in [0.15, 0.2) is 0 Å². The Morgan fingerprint density at radius 2 is 1.72 bits per heavy atom. The van der Waals surface area contributed by atoms with E-state index in [2.05, 4.69) is 17.3 Å². The summed E-state index contributed by atoms with van der Waals surface area (Å²) in [7, 11) is 2.34. The maximum Gasteiger partial charge on any atom is 0.0111 e. The molecule has 0 aromatic rings. The van der Waals surface area contributed by atoms with Crippen LogP contribution in [0, 0.1) is 17.8 Å². The summed E-state index contributed by atoms with van der Waals surface area (Å²) < 4.78 is 0. The highest BCUT2D eigenvalue weighted by molar-refractivity contribution is 4.97. The van der Waals surface area contributed by atoms with Gasteiger partial charge in [0, 0.05) is 18.1 Å². The van der Waals surface area contributed by atoms with Crippen LogP contribution < -0.4 is 5.32 Å². The second-order valence-electron chi connectivity index (χ2n) is 7.56. The molecule has 0 radical (unpaired) electrons. The molecule has 5 unspecified atom stereocenters. The maximum atomic E-state index is 3.94. The minimum Gasteiger partial charge on any atom is -0.314 e. The Bertz CT molecular complexity index is 302. The average Bonchev–Trinajstić information content (AvgIpc) is 3.02. The van der Waals surface area contributed by atoms with Crippen molar-refractivity contribution in [3.05, 3.63) is 0 Å². The zero-order chi connectivity index (χ0) is 12.1. The van der Waals surface area contributed by atoms with E-state index in [0.29, 0.717) is 0 Å². The van der Waals surface area contributed by atoms with Gasteiger partial charge in [-0.2, -0.15) is 0 Å². The minimum absolute atomic E-state index is 0.831. The van der Waals surface area contributed by atoms with Crippen molar-refractivity contribution in [1.29, 1.82) is 0 Å². The Balaban J connectivity index is 1.29. The van der Waals surface area contributed by atoms with E-state index >= 15 is 0 Å². The normalized spacial score (nSPS) is 51.2. The van der Waals surface area contributed by atoms with Crippen LogP contribution in [-0.2, 0) is 0 Å². The lowest BCUT2D eigenvalue weighted by atomic mass is 9.88. The number of nitrogens with zero attached hydrogens (tertiary/aromatic N) is 1. The van der Waals surface area contributed by atoms with Crippen molar-refractivity contribution in [2.24, 2.45) is 17.8 Å². The van der Waals surface area contributed by atoms with Crippen LogP contribution in [0.5, 0.6) is 0 Å². The quantitative estimate of drug-likeness (QED) is 0.826. The highest BCUT2D eigenvalue weighted by Gasteiger charge is 2.41. The van der Waals surface area contributed by atoms with Gasteiger partial charge in [-0.05, 0) is 76.3 Å². The van der Waals surface area contributed by atoms with Crippen LogP contribution in [0.2, 0.25) is 0 Å². The lowest BCUT2D eigenvalue weighted by Gasteiger charge is -2.37. The van der Waals surface area contributed by atoms with Crippen molar-refractivity contribution in [3.8, 4) is 0 Å². The van der Waals surface area contributed by atoms with E-state index in [1.165, 1.54) is 45.1 Å². The van der Waals surface area contributed by atoms with Crippen LogP contribution in [0.15, 0.2) is 0 Å². The van der Waals surface area contributed by atoms with E-state index < -0.39 is 0 Å². The van der Waals surface area contributed by atoms with Crippen molar-refractivity contribution in [2.75, 3.05) is 13.6 Å². The first-order chi connectivity index (χ1) is 8.79. The predicted molar refractivity (Wildman–Crippen MR) is 74.5 cm³/mol. The number of nitrogens with one attached hydrogen (secondary N) is 1. The second kappa shape index (κ2) is 4.49. The van der Waals surface area contributed by atoms with E-state index in [9.17, 15) is 0 Å². The largest absolute Gasteiger partial charge is 0.314 e. The fourth-order valence-electron chi connectivity index (χ4n) is 5.52. The average molecular weight is 248 g/mol. The molecule has 102 valence electrons. The molecule has 2 heteroatoms.